The van der Waals surface area contributed by atoms with E-state index in [2.05, 4.69) is 10.2 Å². The number of ketones is 1. The molecule has 0 aliphatic carbocycles. The second-order valence-electron chi connectivity index (χ2n) is 6.66. The molecule has 1 aromatic carbocycles. The smallest absolute Gasteiger partial charge is 0.228 e. The van der Waals surface area contributed by atoms with Gasteiger partial charge in [0.05, 0.1) is 19.6 Å². The summed E-state index contributed by atoms with van der Waals surface area (Å²) in [6.45, 7) is 2.85. The summed E-state index contributed by atoms with van der Waals surface area (Å²) in [6.07, 6.45) is 0.0262. The molecule has 0 saturated carbocycles. The largest absolute Gasteiger partial charge is 0.507 e. The molecule has 2 N–H and O–H groups in total. The number of Topliss-reactive ketones (excluding diaryl/α,β-unsaturated/α-hetero) is 1. The van der Waals surface area contributed by atoms with Gasteiger partial charge in [-0.25, -0.2) is 0 Å². The van der Waals surface area contributed by atoms with Crippen molar-refractivity contribution in [2.75, 3.05) is 31.2 Å². The maximum Gasteiger partial charge on any atom is 0.228 e. The summed E-state index contributed by atoms with van der Waals surface area (Å²) >= 11 is 1.49. The van der Waals surface area contributed by atoms with Crippen molar-refractivity contribution in [3.63, 3.8) is 0 Å². The first kappa shape index (κ1) is 17.1. The molecule has 2 aliphatic rings. The monoisotopic (exact) mass is 372 g/mol. The van der Waals surface area contributed by atoms with Gasteiger partial charge in [0.15, 0.2) is 0 Å². The Labute approximate surface area is 155 Å². The number of thiophene rings is 1. The highest BCUT2D eigenvalue weighted by atomic mass is 32.1. The Morgan fingerprint density at radius 3 is 2.65 bits per heavy atom. The van der Waals surface area contributed by atoms with Crippen molar-refractivity contribution in [3.05, 3.63) is 46.2 Å². The van der Waals surface area contributed by atoms with Crippen LogP contribution in [0.3, 0.4) is 0 Å². The minimum absolute atomic E-state index is 0.0789. The molecule has 1 aromatic heterocycles. The Kier molecular flexibility index (Phi) is 4.42. The van der Waals surface area contributed by atoms with Crippen LogP contribution in [0.4, 0.5) is 5.69 Å². The number of piperidine rings is 1. The second-order valence-corrected chi connectivity index (χ2v) is 7.44. The summed E-state index contributed by atoms with van der Waals surface area (Å²) in [7, 11) is 0. The highest BCUT2D eigenvalue weighted by molar-refractivity contribution is 7.08. The topological polar surface area (TPSA) is 78.9 Å². The van der Waals surface area contributed by atoms with Crippen molar-refractivity contribution >= 4 is 28.7 Å². The molecule has 7 heteroatoms. The van der Waals surface area contributed by atoms with E-state index in [0.717, 1.165) is 24.3 Å². The van der Waals surface area contributed by atoms with Crippen LogP contribution < -0.4 is 10.2 Å². The number of phenolic OH excluding ortho intramolecular Hbond substituents is 1. The van der Waals surface area contributed by atoms with E-state index in [0.29, 0.717) is 18.8 Å². The SMILES string of the molecule is O=C1CC(=O)N[C@@](c2ccsc2)(c2ccc(N3CCOCC3)cc2O)C1. The number of anilines is 1. The van der Waals surface area contributed by atoms with Crippen molar-refractivity contribution < 1.29 is 19.4 Å². The van der Waals surface area contributed by atoms with E-state index >= 15 is 0 Å². The first-order valence-corrected chi connectivity index (χ1v) is 9.54. The van der Waals surface area contributed by atoms with Gasteiger partial charge in [-0.1, -0.05) is 6.07 Å². The van der Waals surface area contributed by atoms with E-state index in [-0.39, 0.29) is 30.3 Å². The number of morpholine rings is 1. The second kappa shape index (κ2) is 6.74. The van der Waals surface area contributed by atoms with Crippen LogP contribution in [-0.4, -0.2) is 43.1 Å². The maximum atomic E-state index is 12.2. The van der Waals surface area contributed by atoms with Gasteiger partial charge in [-0.15, -0.1) is 0 Å². The number of rotatable bonds is 3. The Bertz CT molecular complexity index is 812. The lowest BCUT2D eigenvalue weighted by Crippen LogP contribution is -2.52. The number of nitrogens with one attached hydrogen (secondary N) is 1. The molecular weight excluding hydrogens is 352 g/mol. The third kappa shape index (κ3) is 2.97. The van der Waals surface area contributed by atoms with Gasteiger partial charge in [0.2, 0.25) is 5.91 Å². The number of hydrogen-bond acceptors (Lipinski definition) is 6. The number of ether oxygens (including phenoxy) is 1. The van der Waals surface area contributed by atoms with Crippen LogP contribution >= 0.6 is 11.3 Å². The molecule has 4 rings (SSSR count). The summed E-state index contributed by atoms with van der Waals surface area (Å²) in [5, 5.41) is 17.6. The molecule has 0 spiro atoms. The lowest BCUT2D eigenvalue weighted by molar-refractivity contribution is -0.133. The molecule has 1 atom stereocenters. The zero-order valence-electron chi connectivity index (χ0n) is 14.2. The van der Waals surface area contributed by atoms with Gasteiger partial charge in [0.1, 0.15) is 17.1 Å². The normalized spacial score (nSPS) is 23.8. The van der Waals surface area contributed by atoms with E-state index in [9.17, 15) is 14.7 Å². The van der Waals surface area contributed by atoms with Crippen LogP contribution in [0.1, 0.15) is 24.0 Å². The fourth-order valence-electron chi connectivity index (χ4n) is 3.76. The molecule has 0 unspecified atom stereocenters. The molecule has 3 heterocycles. The molecule has 26 heavy (non-hydrogen) atoms. The summed E-state index contributed by atoms with van der Waals surface area (Å²) < 4.78 is 5.37. The van der Waals surface area contributed by atoms with Gasteiger partial charge in [0, 0.05) is 36.8 Å². The van der Waals surface area contributed by atoms with E-state index in [1.54, 1.807) is 6.07 Å². The van der Waals surface area contributed by atoms with Crippen LogP contribution in [0.25, 0.3) is 0 Å². The average Bonchev–Trinajstić information content (AvgIpc) is 3.17. The zero-order chi connectivity index (χ0) is 18.1. The predicted octanol–water partition coefficient (Wildman–Crippen LogP) is 2.01. The van der Waals surface area contributed by atoms with Gasteiger partial charge < -0.3 is 20.1 Å². The highest BCUT2D eigenvalue weighted by Gasteiger charge is 2.44. The molecule has 0 radical (unpaired) electrons. The first-order valence-electron chi connectivity index (χ1n) is 8.60. The number of aromatic hydroxyl groups is 1. The number of benzene rings is 1. The Morgan fingerprint density at radius 2 is 2.00 bits per heavy atom. The Morgan fingerprint density at radius 1 is 1.19 bits per heavy atom. The molecule has 2 saturated heterocycles. The van der Waals surface area contributed by atoms with Crippen molar-refractivity contribution in [2.24, 2.45) is 0 Å². The highest BCUT2D eigenvalue weighted by Crippen LogP contribution is 2.42. The summed E-state index contributed by atoms with van der Waals surface area (Å²) in [4.78, 5) is 26.5. The minimum Gasteiger partial charge on any atom is -0.507 e. The van der Waals surface area contributed by atoms with Crippen molar-refractivity contribution in [1.82, 2.24) is 5.32 Å². The van der Waals surface area contributed by atoms with Crippen molar-refractivity contribution in [3.8, 4) is 5.75 Å². The third-order valence-corrected chi connectivity index (χ3v) is 5.69. The standard InChI is InChI=1S/C19H20N2O4S/c22-15-10-18(24)20-19(11-15,13-3-8-26-12-13)16-2-1-14(9-17(16)23)21-4-6-25-7-5-21/h1-3,8-9,12,23H,4-7,10-11H2,(H,20,24)/t19-/m0/s1. The molecule has 1 amide bonds. The van der Waals surface area contributed by atoms with Gasteiger partial charge in [0.25, 0.3) is 0 Å². The first-order chi connectivity index (χ1) is 12.6. The lowest BCUT2D eigenvalue weighted by Gasteiger charge is -2.38. The van der Waals surface area contributed by atoms with Crippen LogP contribution in [0.5, 0.6) is 5.75 Å². The average molecular weight is 372 g/mol. The van der Waals surface area contributed by atoms with E-state index < -0.39 is 5.54 Å². The molecule has 0 bridgehead atoms. The van der Waals surface area contributed by atoms with Crippen molar-refractivity contribution in [1.29, 1.82) is 0 Å². The Hall–Kier alpha value is -2.38. The zero-order valence-corrected chi connectivity index (χ0v) is 15.1. The van der Waals surface area contributed by atoms with Gasteiger partial charge in [-0.3, -0.25) is 9.59 Å². The summed E-state index contributed by atoms with van der Waals surface area (Å²) in [6, 6.07) is 7.34. The number of carbonyl (C=O) groups excluding carboxylic acids is 2. The summed E-state index contributed by atoms with van der Waals surface area (Å²) in [5.74, 6) is -0.365. The number of phenols is 1. The van der Waals surface area contributed by atoms with Crippen molar-refractivity contribution in [2.45, 2.75) is 18.4 Å². The summed E-state index contributed by atoms with van der Waals surface area (Å²) in [5.41, 5.74) is 1.26. The number of hydrogen-bond donors (Lipinski definition) is 2. The molecule has 2 aliphatic heterocycles. The molecule has 2 fully saturated rings. The molecule has 6 nitrogen and oxygen atoms in total. The fourth-order valence-corrected chi connectivity index (χ4v) is 4.49. The molecule has 2 aromatic rings. The fraction of sp³-hybridized carbons (Fsp3) is 0.368. The van der Waals surface area contributed by atoms with Crippen LogP contribution in [-0.2, 0) is 19.9 Å². The molecular formula is C19H20N2O4S. The maximum absolute atomic E-state index is 12.2. The predicted molar refractivity (Wildman–Crippen MR) is 98.6 cm³/mol. The van der Waals surface area contributed by atoms with Gasteiger partial charge in [-0.2, -0.15) is 11.3 Å². The quantitative estimate of drug-likeness (QED) is 0.806. The van der Waals surface area contributed by atoms with E-state index in [1.807, 2.05) is 29.0 Å². The molecule has 136 valence electrons. The minimum atomic E-state index is -1.01. The van der Waals surface area contributed by atoms with E-state index in [1.165, 1.54) is 11.3 Å². The van der Waals surface area contributed by atoms with E-state index in [4.69, 9.17) is 4.74 Å². The third-order valence-electron chi connectivity index (χ3n) is 5.00. The number of carbonyl (C=O) groups is 2. The van der Waals surface area contributed by atoms with Gasteiger partial charge >= 0.3 is 0 Å². The lowest BCUT2D eigenvalue weighted by atomic mass is 9.76. The Balaban J connectivity index is 1.77. The van der Waals surface area contributed by atoms with Crippen LogP contribution in [0.2, 0.25) is 0 Å². The number of nitrogens with zero attached hydrogens (tertiary/aromatic N) is 1. The van der Waals surface area contributed by atoms with Crippen LogP contribution in [0.15, 0.2) is 35.0 Å². The number of amides is 1. The van der Waals surface area contributed by atoms with Crippen LogP contribution in [0, 0.1) is 0 Å². The van der Waals surface area contributed by atoms with Gasteiger partial charge in [-0.05, 0) is 28.5 Å².